The van der Waals surface area contributed by atoms with Crippen molar-refractivity contribution in [1.82, 2.24) is 0 Å². The Kier molecular flexibility index (Phi) is 5.74. The first-order valence-corrected chi connectivity index (χ1v) is 9.16. The molecule has 116 valence electrons. The summed E-state index contributed by atoms with van der Waals surface area (Å²) in [6, 6.07) is 6.61. The zero-order chi connectivity index (χ0) is 15.3. The molecular weight excluding hydrogens is 287 g/mol. The van der Waals surface area contributed by atoms with Gasteiger partial charge >= 0.3 is 7.60 Å². The number of rotatable bonds is 6. The van der Waals surface area contributed by atoms with Crippen LogP contribution in [0.1, 0.15) is 54.4 Å². The van der Waals surface area contributed by atoms with Gasteiger partial charge in [-0.25, -0.2) is 0 Å². The maximum atomic E-state index is 12.0. The Morgan fingerprint density at radius 3 is 2.48 bits per heavy atom. The predicted molar refractivity (Wildman–Crippen MR) is 82.5 cm³/mol. The maximum absolute atomic E-state index is 12.0. The van der Waals surface area contributed by atoms with Gasteiger partial charge in [-0.2, -0.15) is 0 Å². The second-order valence-electron chi connectivity index (χ2n) is 5.82. The van der Waals surface area contributed by atoms with Crippen LogP contribution in [0, 0.1) is 12.8 Å². The van der Waals surface area contributed by atoms with E-state index in [0.29, 0.717) is 5.92 Å². The molecule has 1 aromatic rings. The fraction of sp³-hybridized carbons (Fsp3) is 0.562. The molecule has 1 N–H and O–H groups in total. The van der Waals surface area contributed by atoms with Crippen LogP contribution in [-0.2, 0) is 9.09 Å². The van der Waals surface area contributed by atoms with E-state index in [1.807, 2.05) is 6.92 Å². The quantitative estimate of drug-likeness (QED) is 0.795. The number of carbonyl (C=O) groups excluding carboxylic acids is 1. The lowest BCUT2D eigenvalue weighted by Gasteiger charge is -2.21. The van der Waals surface area contributed by atoms with Gasteiger partial charge in [0.2, 0.25) is 0 Å². The molecule has 1 aliphatic carbocycles. The summed E-state index contributed by atoms with van der Waals surface area (Å²) in [5, 5.41) is 0. The van der Waals surface area contributed by atoms with Crippen molar-refractivity contribution >= 4 is 13.1 Å². The molecule has 4 nitrogen and oxygen atoms in total. The minimum absolute atomic E-state index is 0.177. The van der Waals surface area contributed by atoms with E-state index < -0.39 is 13.1 Å². The van der Waals surface area contributed by atoms with Crippen LogP contribution >= 0.6 is 7.60 Å². The SMILES string of the molecule is Cc1ccc(C(=O)P(=O)(O)OCCC2CCCCC2)cc1. The lowest BCUT2D eigenvalue weighted by Crippen LogP contribution is -2.11. The Morgan fingerprint density at radius 1 is 1.24 bits per heavy atom. The molecule has 5 heteroatoms. The topological polar surface area (TPSA) is 63.6 Å². The van der Waals surface area contributed by atoms with E-state index in [1.54, 1.807) is 24.3 Å². The van der Waals surface area contributed by atoms with Crippen LogP contribution in [0.25, 0.3) is 0 Å². The van der Waals surface area contributed by atoms with Crippen LogP contribution in [-0.4, -0.2) is 17.0 Å². The van der Waals surface area contributed by atoms with Crippen molar-refractivity contribution in [2.24, 2.45) is 5.92 Å². The molecule has 1 saturated carbocycles. The third-order valence-corrected chi connectivity index (χ3v) is 5.38. The first-order chi connectivity index (χ1) is 9.99. The van der Waals surface area contributed by atoms with Crippen LogP contribution in [0.2, 0.25) is 0 Å². The maximum Gasteiger partial charge on any atom is 0.399 e. The average Bonchev–Trinajstić information content (AvgIpc) is 2.48. The largest absolute Gasteiger partial charge is 0.399 e. The van der Waals surface area contributed by atoms with Crippen molar-refractivity contribution in [2.45, 2.75) is 45.4 Å². The standard InChI is InChI=1S/C16H23O4P/c1-13-7-9-15(10-8-13)16(17)21(18,19)20-12-11-14-5-3-2-4-6-14/h7-10,14H,2-6,11-12H2,1H3,(H,18,19). The number of aryl methyl sites for hydroxylation is 1. The molecule has 1 atom stereocenters. The number of hydrogen-bond acceptors (Lipinski definition) is 3. The van der Waals surface area contributed by atoms with Gasteiger partial charge in [-0.05, 0) is 19.3 Å². The highest BCUT2D eigenvalue weighted by atomic mass is 31.2. The van der Waals surface area contributed by atoms with E-state index in [9.17, 15) is 14.3 Å². The third kappa shape index (κ3) is 4.77. The van der Waals surface area contributed by atoms with Crippen molar-refractivity contribution in [3.8, 4) is 0 Å². The second-order valence-corrected chi connectivity index (χ2v) is 7.52. The van der Waals surface area contributed by atoms with Gasteiger partial charge in [0.05, 0.1) is 6.61 Å². The number of carbonyl (C=O) groups is 1. The van der Waals surface area contributed by atoms with Crippen LogP contribution < -0.4 is 0 Å². The van der Waals surface area contributed by atoms with E-state index in [-0.39, 0.29) is 12.2 Å². The predicted octanol–water partition coefficient (Wildman–Crippen LogP) is 4.31. The molecule has 21 heavy (non-hydrogen) atoms. The van der Waals surface area contributed by atoms with Gasteiger partial charge < -0.3 is 9.42 Å². The van der Waals surface area contributed by atoms with Gasteiger partial charge in [-0.3, -0.25) is 9.36 Å². The summed E-state index contributed by atoms with van der Waals surface area (Å²) in [4.78, 5) is 21.8. The van der Waals surface area contributed by atoms with Crippen molar-refractivity contribution in [3.63, 3.8) is 0 Å². The molecule has 0 aliphatic heterocycles. The van der Waals surface area contributed by atoms with Crippen LogP contribution in [0.4, 0.5) is 0 Å². The Hall–Kier alpha value is -0.960. The zero-order valence-electron chi connectivity index (χ0n) is 12.5. The molecule has 1 fully saturated rings. The van der Waals surface area contributed by atoms with E-state index in [0.717, 1.165) is 24.8 Å². The third-order valence-electron chi connectivity index (χ3n) is 4.07. The summed E-state index contributed by atoms with van der Waals surface area (Å²) in [6.45, 7) is 2.07. The zero-order valence-corrected chi connectivity index (χ0v) is 13.4. The molecule has 0 radical (unpaired) electrons. The first kappa shape index (κ1) is 16.4. The van der Waals surface area contributed by atoms with Crippen LogP contribution in [0.5, 0.6) is 0 Å². The molecule has 2 rings (SSSR count). The van der Waals surface area contributed by atoms with Gasteiger partial charge in [-0.15, -0.1) is 0 Å². The Labute approximate surface area is 126 Å². The minimum Gasteiger partial charge on any atom is -0.319 e. The summed E-state index contributed by atoms with van der Waals surface area (Å²) in [5.41, 5.74) is 0.410. The van der Waals surface area contributed by atoms with Gasteiger partial charge in [0.1, 0.15) is 0 Å². The van der Waals surface area contributed by atoms with Crippen molar-refractivity contribution in [2.75, 3.05) is 6.61 Å². The molecule has 1 aliphatic rings. The summed E-state index contributed by atoms with van der Waals surface area (Å²) in [5.74, 6) is 0.563. The van der Waals surface area contributed by atoms with E-state index in [1.165, 1.54) is 19.3 Å². The molecule has 0 aromatic heterocycles. The Bertz CT molecular complexity index is 518. The highest BCUT2D eigenvalue weighted by Crippen LogP contribution is 2.46. The average molecular weight is 310 g/mol. The van der Waals surface area contributed by atoms with E-state index in [2.05, 4.69) is 0 Å². The smallest absolute Gasteiger partial charge is 0.319 e. The van der Waals surface area contributed by atoms with E-state index in [4.69, 9.17) is 4.52 Å². The van der Waals surface area contributed by atoms with Crippen molar-refractivity contribution < 1.29 is 18.8 Å². The number of benzene rings is 1. The minimum atomic E-state index is -4.23. The fourth-order valence-corrected chi connectivity index (χ4v) is 3.68. The molecule has 0 saturated heterocycles. The number of hydrogen-bond donors (Lipinski definition) is 1. The lowest BCUT2D eigenvalue weighted by molar-refractivity contribution is 0.101. The summed E-state index contributed by atoms with van der Waals surface area (Å²) in [7, 11) is -4.23. The Balaban J connectivity index is 1.86. The monoisotopic (exact) mass is 310 g/mol. The Morgan fingerprint density at radius 2 is 1.86 bits per heavy atom. The first-order valence-electron chi connectivity index (χ1n) is 7.58. The molecular formula is C16H23O4P. The second kappa shape index (κ2) is 7.35. The summed E-state index contributed by atoms with van der Waals surface area (Å²) < 4.78 is 17.1. The van der Waals surface area contributed by atoms with Crippen molar-refractivity contribution in [3.05, 3.63) is 35.4 Å². The summed E-state index contributed by atoms with van der Waals surface area (Å²) >= 11 is 0. The van der Waals surface area contributed by atoms with Gasteiger partial charge in [-0.1, -0.05) is 61.9 Å². The molecule has 0 bridgehead atoms. The fourth-order valence-electron chi connectivity index (χ4n) is 2.74. The highest BCUT2D eigenvalue weighted by Gasteiger charge is 2.31. The van der Waals surface area contributed by atoms with Gasteiger partial charge in [0, 0.05) is 5.56 Å². The van der Waals surface area contributed by atoms with Gasteiger partial charge in [0.25, 0.3) is 5.52 Å². The molecule has 1 unspecified atom stereocenters. The molecule has 0 spiro atoms. The highest BCUT2D eigenvalue weighted by molar-refractivity contribution is 7.71. The van der Waals surface area contributed by atoms with Crippen LogP contribution in [0.3, 0.4) is 0 Å². The lowest BCUT2D eigenvalue weighted by atomic mass is 9.87. The van der Waals surface area contributed by atoms with Crippen LogP contribution in [0.15, 0.2) is 24.3 Å². The normalized spacial score (nSPS) is 19.1. The van der Waals surface area contributed by atoms with Crippen molar-refractivity contribution in [1.29, 1.82) is 0 Å². The summed E-state index contributed by atoms with van der Waals surface area (Å²) in [6.07, 6.45) is 6.80. The molecule has 0 heterocycles. The van der Waals surface area contributed by atoms with Gasteiger partial charge in [0.15, 0.2) is 0 Å². The van der Waals surface area contributed by atoms with E-state index >= 15 is 0 Å². The molecule has 0 amide bonds. The molecule has 1 aromatic carbocycles.